The van der Waals surface area contributed by atoms with Crippen LogP contribution in [0.5, 0.6) is 0 Å². The largest absolute Gasteiger partial charge is 0.394 e. The second kappa shape index (κ2) is 71.4. The molecule has 0 bridgehead atoms. The summed E-state index contributed by atoms with van der Waals surface area (Å²) in [5.74, 6) is -0.0522. The molecule has 0 aromatic heterocycles. The van der Waals surface area contributed by atoms with E-state index in [2.05, 4.69) is 19.2 Å². The Kier molecular flexibility index (Phi) is 70.6. The first kappa shape index (κ1) is 78.1. The maximum absolute atomic E-state index is 12.6. The van der Waals surface area contributed by atoms with Crippen LogP contribution in [0.1, 0.15) is 444 Å². The van der Waals surface area contributed by atoms with Crippen LogP contribution in [0.15, 0.2) is 12.2 Å². The third-order valence-corrected chi connectivity index (χ3v) is 18.0. The fraction of sp³-hybridized carbons (Fsp3) is 0.960. The average molecular weight is 1110 g/mol. The van der Waals surface area contributed by atoms with Gasteiger partial charge in [0.2, 0.25) is 5.91 Å². The quantitative estimate of drug-likeness (QED) is 0.0420. The predicted octanol–water partition coefficient (Wildman–Crippen LogP) is 25.6. The standard InChI is InChI=1S/C75H149NO3/c1-3-5-7-9-11-13-15-17-19-21-23-25-27-29-31-33-35-37-39-41-43-45-47-49-51-53-55-57-59-61-63-65-67-69-71-75(79)76-73(72-77)74(78)70-68-66-64-62-60-58-56-54-52-50-48-46-44-42-40-38-36-34-32-30-28-26-24-22-20-18-16-14-12-10-8-6-4-2/h68,70,73-74,77-78H,3-67,69,71-72H2,1-2H3,(H,76,79)/b70-68+. The fourth-order valence-electron chi connectivity index (χ4n) is 12.4. The summed E-state index contributed by atoms with van der Waals surface area (Å²) in [7, 11) is 0. The lowest BCUT2D eigenvalue weighted by molar-refractivity contribution is -0.123. The summed E-state index contributed by atoms with van der Waals surface area (Å²) in [6, 6.07) is -0.620. The Morgan fingerprint density at radius 3 is 0.658 bits per heavy atom. The summed E-state index contributed by atoms with van der Waals surface area (Å²) in [5.41, 5.74) is 0. The Labute approximate surface area is 498 Å². The van der Waals surface area contributed by atoms with Gasteiger partial charge in [-0.25, -0.2) is 0 Å². The SMILES string of the molecule is CCCCCCCCCCCCCCCCCCCCCCCCCCCCCCCCC/C=C/C(O)C(CO)NC(=O)CCCCCCCCCCCCCCCCCCCCCCCCCCCCCCCCCCCC. The van der Waals surface area contributed by atoms with Crippen LogP contribution < -0.4 is 5.32 Å². The molecule has 0 aromatic carbocycles. The molecule has 0 heterocycles. The molecule has 2 atom stereocenters. The maximum Gasteiger partial charge on any atom is 0.220 e. The van der Waals surface area contributed by atoms with E-state index >= 15 is 0 Å². The molecule has 0 rings (SSSR count). The van der Waals surface area contributed by atoms with E-state index in [0.717, 1.165) is 25.7 Å². The van der Waals surface area contributed by atoms with Gasteiger partial charge >= 0.3 is 0 Å². The predicted molar refractivity (Wildman–Crippen MR) is 355 cm³/mol. The van der Waals surface area contributed by atoms with Crippen molar-refractivity contribution in [2.24, 2.45) is 0 Å². The van der Waals surface area contributed by atoms with Gasteiger partial charge in [0.25, 0.3) is 0 Å². The zero-order valence-electron chi connectivity index (χ0n) is 54.7. The number of hydrogen-bond acceptors (Lipinski definition) is 3. The molecule has 0 aliphatic heterocycles. The molecular formula is C75H149NO3. The summed E-state index contributed by atoms with van der Waals surface area (Å²) in [4.78, 5) is 12.6. The molecule has 3 N–H and O–H groups in total. The number of amides is 1. The van der Waals surface area contributed by atoms with E-state index in [4.69, 9.17) is 0 Å². The van der Waals surface area contributed by atoms with Crippen molar-refractivity contribution in [3.63, 3.8) is 0 Å². The summed E-state index contributed by atoms with van der Waals surface area (Å²) in [6.45, 7) is 4.37. The molecule has 0 saturated carbocycles. The van der Waals surface area contributed by atoms with Crippen molar-refractivity contribution >= 4 is 5.91 Å². The van der Waals surface area contributed by atoms with Crippen LogP contribution in [0.4, 0.5) is 0 Å². The van der Waals surface area contributed by atoms with Crippen LogP contribution in [-0.2, 0) is 4.79 Å². The Morgan fingerprint density at radius 1 is 0.291 bits per heavy atom. The molecule has 0 aliphatic rings. The first-order valence-corrected chi connectivity index (χ1v) is 37.4. The van der Waals surface area contributed by atoms with E-state index in [1.54, 1.807) is 6.08 Å². The first-order chi connectivity index (χ1) is 39.2. The average Bonchev–Trinajstić information content (AvgIpc) is 3.45. The fourth-order valence-corrected chi connectivity index (χ4v) is 12.4. The van der Waals surface area contributed by atoms with E-state index in [0.29, 0.717) is 6.42 Å². The van der Waals surface area contributed by atoms with E-state index < -0.39 is 12.1 Å². The van der Waals surface area contributed by atoms with E-state index in [1.807, 2.05) is 6.08 Å². The van der Waals surface area contributed by atoms with Crippen LogP contribution in [0, 0.1) is 0 Å². The molecular weight excluding hydrogens is 963 g/mol. The molecule has 79 heavy (non-hydrogen) atoms. The van der Waals surface area contributed by atoms with Gasteiger partial charge in [-0.1, -0.05) is 431 Å². The molecule has 0 spiro atoms. The molecule has 4 heteroatoms. The highest BCUT2D eigenvalue weighted by molar-refractivity contribution is 5.76. The minimum Gasteiger partial charge on any atom is -0.394 e. The van der Waals surface area contributed by atoms with Crippen molar-refractivity contribution in [1.29, 1.82) is 0 Å². The molecule has 1 amide bonds. The molecule has 0 aromatic rings. The number of unbranched alkanes of at least 4 members (excludes halogenated alkanes) is 64. The maximum atomic E-state index is 12.6. The van der Waals surface area contributed by atoms with Crippen LogP contribution >= 0.6 is 0 Å². The van der Waals surface area contributed by atoms with Crippen molar-refractivity contribution in [3.05, 3.63) is 12.2 Å². The Morgan fingerprint density at radius 2 is 0.468 bits per heavy atom. The second-order valence-corrected chi connectivity index (χ2v) is 26.1. The number of hydrogen-bond donors (Lipinski definition) is 3. The molecule has 0 fully saturated rings. The smallest absolute Gasteiger partial charge is 0.220 e. The molecule has 472 valence electrons. The van der Waals surface area contributed by atoms with Gasteiger partial charge in [0, 0.05) is 6.42 Å². The van der Waals surface area contributed by atoms with Gasteiger partial charge < -0.3 is 15.5 Å². The summed E-state index contributed by atoms with van der Waals surface area (Å²) >= 11 is 0. The van der Waals surface area contributed by atoms with Gasteiger partial charge in [0.15, 0.2) is 0 Å². The van der Waals surface area contributed by atoms with Gasteiger partial charge in [-0.2, -0.15) is 0 Å². The second-order valence-electron chi connectivity index (χ2n) is 26.1. The number of nitrogens with one attached hydrogen (secondary N) is 1. The highest BCUT2D eigenvalue weighted by atomic mass is 16.3. The van der Waals surface area contributed by atoms with E-state index in [1.165, 1.54) is 398 Å². The van der Waals surface area contributed by atoms with Gasteiger partial charge in [-0.15, -0.1) is 0 Å². The van der Waals surface area contributed by atoms with E-state index in [-0.39, 0.29) is 12.5 Å². The summed E-state index contributed by atoms with van der Waals surface area (Å²) < 4.78 is 0. The Hall–Kier alpha value is -0.870. The van der Waals surface area contributed by atoms with Crippen molar-refractivity contribution in [2.75, 3.05) is 6.61 Å². The number of rotatable bonds is 71. The van der Waals surface area contributed by atoms with Crippen LogP contribution in [-0.4, -0.2) is 34.9 Å². The van der Waals surface area contributed by atoms with Gasteiger partial charge in [-0.05, 0) is 19.3 Å². The number of allylic oxidation sites excluding steroid dienone is 1. The minimum absolute atomic E-state index is 0.0522. The lowest BCUT2D eigenvalue weighted by Crippen LogP contribution is -2.45. The van der Waals surface area contributed by atoms with Crippen molar-refractivity contribution in [3.8, 4) is 0 Å². The van der Waals surface area contributed by atoms with Crippen LogP contribution in [0.25, 0.3) is 0 Å². The number of aliphatic hydroxyl groups is 2. The monoisotopic (exact) mass is 1110 g/mol. The van der Waals surface area contributed by atoms with Crippen molar-refractivity contribution in [2.45, 2.75) is 456 Å². The van der Waals surface area contributed by atoms with Crippen molar-refractivity contribution in [1.82, 2.24) is 5.32 Å². The summed E-state index contributed by atoms with van der Waals surface area (Å²) in [5, 5.41) is 23.3. The molecule has 2 unspecified atom stereocenters. The van der Waals surface area contributed by atoms with Crippen LogP contribution in [0.2, 0.25) is 0 Å². The molecule has 0 radical (unpaired) electrons. The lowest BCUT2D eigenvalue weighted by atomic mass is 10.0. The highest BCUT2D eigenvalue weighted by Crippen LogP contribution is 2.20. The number of carbonyl (C=O) groups excluding carboxylic acids is 1. The first-order valence-electron chi connectivity index (χ1n) is 37.4. The minimum atomic E-state index is -0.838. The third kappa shape index (κ3) is 67.8. The van der Waals surface area contributed by atoms with Crippen LogP contribution in [0.3, 0.4) is 0 Å². The number of aliphatic hydroxyl groups excluding tert-OH is 2. The van der Waals surface area contributed by atoms with Gasteiger partial charge in [0.1, 0.15) is 0 Å². The molecule has 0 aliphatic carbocycles. The van der Waals surface area contributed by atoms with Gasteiger partial charge in [-0.3, -0.25) is 4.79 Å². The topological polar surface area (TPSA) is 69.6 Å². The van der Waals surface area contributed by atoms with Gasteiger partial charge in [0.05, 0.1) is 18.8 Å². The molecule has 0 saturated heterocycles. The highest BCUT2D eigenvalue weighted by Gasteiger charge is 2.18. The Bertz CT molecular complexity index is 1120. The Balaban J connectivity index is 3.38. The van der Waals surface area contributed by atoms with Crippen molar-refractivity contribution < 1.29 is 15.0 Å². The van der Waals surface area contributed by atoms with E-state index in [9.17, 15) is 15.0 Å². The zero-order valence-corrected chi connectivity index (χ0v) is 54.7. The number of carbonyl (C=O) groups is 1. The third-order valence-electron chi connectivity index (χ3n) is 18.0. The summed E-state index contributed by atoms with van der Waals surface area (Å²) in [6.07, 6.45) is 96.2. The normalized spacial score (nSPS) is 12.6. The molecule has 4 nitrogen and oxygen atoms in total. The zero-order chi connectivity index (χ0) is 56.9. The lowest BCUT2D eigenvalue weighted by Gasteiger charge is -2.20.